The van der Waals surface area contributed by atoms with E-state index in [0.717, 1.165) is 12.8 Å². The molecule has 0 aromatic heterocycles. The van der Waals surface area contributed by atoms with Crippen molar-refractivity contribution >= 4 is 21.8 Å². The highest BCUT2D eigenvalue weighted by Crippen LogP contribution is 2.20. The summed E-state index contributed by atoms with van der Waals surface area (Å²) in [7, 11) is -3.58. The third-order valence-electron chi connectivity index (χ3n) is 5.79. The number of amides is 2. The Kier molecular flexibility index (Phi) is 6.37. The Morgan fingerprint density at radius 3 is 2.10 bits per heavy atom. The lowest BCUT2D eigenvalue weighted by molar-refractivity contribution is -0.142. The molecule has 10 heteroatoms. The second-order valence-electron chi connectivity index (χ2n) is 7.66. The molecule has 3 heterocycles. The number of carbonyl (C=O) groups excluding carboxylic acids is 2. The summed E-state index contributed by atoms with van der Waals surface area (Å²) < 4.78 is 37.5. The van der Waals surface area contributed by atoms with E-state index in [4.69, 9.17) is 9.47 Å². The van der Waals surface area contributed by atoms with Crippen LogP contribution in [0.3, 0.4) is 0 Å². The summed E-state index contributed by atoms with van der Waals surface area (Å²) in [5, 5.41) is 0. The number of hydrogen-bond acceptors (Lipinski definition) is 6. The molecule has 0 unspecified atom stereocenters. The Labute approximate surface area is 176 Å². The quantitative estimate of drug-likeness (QED) is 0.666. The normalized spacial score (nSPS) is 23.5. The summed E-state index contributed by atoms with van der Waals surface area (Å²) in [6, 6.07) is 6.07. The average molecular weight is 438 g/mol. The van der Waals surface area contributed by atoms with Gasteiger partial charge < -0.3 is 19.3 Å². The maximum Gasteiger partial charge on any atom is 0.253 e. The number of nitrogens with zero attached hydrogens (tertiary/aromatic N) is 3. The third-order valence-corrected chi connectivity index (χ3v) is 7.71. The SMILES string of the molecule is O=C(c1ccc(S(=O)(=O)N2CCOCC2)cc1)N1CCN(C(=O)[C@@H]2CCCO2)CC1. The predicted octanol–water partition coefficient (Wildman–Crippen LogP) is 0.171. The van der Waals surface area contributed by atoms with Crippen LogP contribution in [-0.4, -0.2) is 99.5 Å². The lowest BCUT2D eigenvalue weighted by atomic mass is 10.1. The van der Waals surface area contributed by atoms with E-state index in [1.807, 2.05) is 0 Å². The fourth-order valence-electron chi connectivity index (χ4n) is 3.99. The van der Waals surface area contributed by atoms with E-state index < -0.39 is 10.0 Å². The van der Waals surface area contributed by atoms with Gasteiger partial charge in [-0.25, -0.2) is 8.42 Å². The maximum atomic E-state index is 12.8. The summed E-state index contributed by atoms with van der Waals surface area (Å²) in [5.74, 6) is -0.146. The van der Waals surface area contributed by atoms with Gasteiger partial charge in [0.1, 0.15) is 6.10 Å². The highest BCUT2D eigenvalue weighted by atomic mass is 32.2. The van der Waals surface area contributed by atoms with E-state index in [9.17, 15) is 18.0 Å². The molecule has 164 valence electrons. The molecule has 2 amide bonds. The van der Waals surface area contributed by atoms with Gasteiger partial charge in [0.25, 0.3) is 11.8 Å². The average Bonchev–Trinajstić information content (AvgIpc) is 3.34. The molecule has 0 aliphatic carbocycles. The van der Waals surface area contributed by atoms with Crippen molar-refractivity contribution in [2.75, 3.05) is 59.1 Å². The van der Waals surface area contributed by atoms with Gasteiger partial charge >= 0.3 is 0 Å². The Morgan fingerprint density at radius 1 is 0.867 bits per heavy atom. The van der Waals surface area contributed by atoms with Crippen LogP contribution in [0.2, 0.25) is 0 Å². The van der Waals surface area contributed by atoms with Gasteiger partial charge in [0, 0.05) is 51.4 Å². The predicted molar refractivity (Wildman–Crippen MR) is 107 cm³/mol. The first-order chi connectivity index (χ1) is 14.5. The van der Waals surface area contributed by atoms with Crippen LogP contribution in [0.5, 0.6) is 0 Å². The highest BCUT2D eigenvalue weighted by molar-refractivity contribution is 7.89. The van der Waals surface area contributed by atoms with Gasteiger partial charge in [0.05, 0.1) is 18.1 Å². The number of rotatable bonds is 4. The number of benzene rings is 1. The van der Waals surface area contributed by atoms with E-state index in [1.54, 1.807) is 21.9 Å². The zero-order valence-corrected chi connectivity index (χ0v) is 17.7. The summed E-state index contributed by atoms with van der Waals surface area (Å²) >= 11 is 0. The van der Waals surface area contributed by atoms with Crippen LogP contribution in [0.25, 0.3) is 0 Å². The van der Waals surface area contributed by atoms with Crippen molar-refractivity contribution in [3.63, 3.8) is 0 Å². The highest BCUT2D eigenvalue weighted by Gasteiger charge is 2.32. The molecule has 0 N–H and O–H groups in total. The maximum absolute atomic E-state index is 12.8. The lowest BCUT2D eigenvalue weighted by Crippen LogP contribution is -2.52. The second-order valence-corrected chi connectivity index (χ2v) is 9.60. The molecular formula is C20H27N3O6S. The first-order valence-corrected chi connectivity index (χ1v) is 11.8. The smallest absolute Gasteiger partial charge is 0.253 e. The Bertz CT molecular complexity index is 868. The molecule has 1 aromatic carbocycles. The van der Waals surface area contributed by atoms with E-state index in [1.165, 1.54) is 16.4 Å². The number of hydrogen-bond donors (Lipinski definition) is 0. The molecule has 4 rings (SSSR count). The van der Waals surface area contributed by atoms with Gasteiger partial charge in [-0.05, 0) is 37.1 Å². The Hall–Kier alpha value is -2.01. The van der Waals surface area contributed by atoms with Crippen molar-refractivity contribution in [2.45, 2.75) is 23.8 Å². The van der Waals surface area contributed by atoms with E-state index in [2.05, 4.69) is 0 Å². The zero-order chi connectivity index (χ0) is 21.1. The van der Waals surface area contributed by atoms with Crippen LogP contribution in [0, 0.1) is 0 Å². The fourth-order valence-corrected chi connectivity index (χ4v) is 5.40. The monoisotopic (exact) mass is 437 g/mol. The van der Waals surface area contributed by atoms with Gasteiger partial charge in [-0.15, -0.1) is 0 Å². The number of morpholine rings is 1. The number of sulfonamides is 1. The van der Waals surface area contributed by atoms with Crippen LogP contribution in [0.4, 0.5) is 0 Å². The molecule has 0 saturated carbocycles. The van der Waals surface area contributed by atoms with E-state index in [-0.39, 0.29) is 22.8 Å². The fraction of sp³-hybridized carbons (Fsp3) is 0.600. The first kappa shape index (κ1) is 21.2. The molecule has 3 aliphatic rings. The molecule has 1 atom stereocenters. The topological polar surface area (TPSA) is 96.5 Å². The number of piperazine rings is 1. The molecule has 3 saturated heterocycles. The van der Waals surface area contributed by atoms with Gasteiger partial charge in [-0.2, -0.15) is 4.31 Å². The standard InChI is InChI=1S/C20H27N3O6S/c24-19(21-7-9-22(10-8-21)20(25)18-2-1-13-29-18)16-3-5-17(6-4-16)30(26,27)23-11-14-28-15-12-23/h3-6,18H,1-2,7-15H2/t18-/m0/s1. The van der Waals surface area contributed by atoms with Crippen LogP contribution in [0.1, 0.15) is 23.2 Å². The van der Waals surface area contributed by atoms with Crippen molar-refractivity contribution < 1.29 is 27.5 Å². The minimum Gasteiger partial charge on any atom is -0.379 e. The summed E-state index contributed by atoms with van der Waals surface area (Å²) in [6.45, 7) is 3.92. The van der Waals surface area contributed by atoms with Crippen molar-refractivity contribution in [1.82, 2.24) is 14.1 Å². The summed E-state index contributed by atoms with van der Waals surface area (Å²) in [5.41, 5.74) is 0.440. The van der Waals surface area contributed by atoms with Crippen LogP contribution < -0.4 is 0 Å². The van der Waals surface area contributed by atoms with Gasteiger partial charge in [0.15, 0.2) is 0 Å². The lowest BCUT2D eigenvalue weighted by Gasteiger charge is -2.35. The van der Waals surface area contributed by atoms with Crippen molar-refractivity contribution in [2.24, 2.45) is 0 Å². The largest absolute Gasteiger partial charge is 0.379 e. The van der Waals surface area contributed by atoms with Crippen LogP contribution in [0.15, 0.2) is 29.2 Å². The minimum absolute atomic E-state index is 0.0114. The minimum atomic E-state index is -3.58. The van der Waals surface area contributed by atoms with E-state index >= 15 is 0 Å². The van der Waals surface area contributed by atoms with Crippen LogP contribution in [-0.2, 0) is 24.3 Å². The number of ether oxygens (including phenoxy) is 2. The molecule has 3 fully saturated rings. The molecule has 3 aliphatic heterocycles. The zero-order valence-electron chi connectivity index (χ0n) is 16.9. The summed E-state index contributed by atoms with van der Waals surface area (Å²) in [6.07, 6.45) is 1.33. The molecule has 9 nitrogen and oxygen atoms in total. The first-order valence-electron chi connectivity index (χ1n) is 10.3. The van der Waals surface area contributed by atoms with Crippen molar-refractivity contribution in [3.05, 3.63) is 29.8 Å². The third kappa shape index (κ3) is 4.36. The molecule has 0 radical (unpaired) electrons. The number of carbonyl (C=O) groups is 2. The summed E-state index contributed by atoms with van der Waals surface area (Å²) in [4.78, 5) is 28.9. The molecular weight excluding hydrogens is 410 g/mol. The molecule has 0 spiro atoms. The van der Waals surface area contributed by atoms with Crippen molar-refractivity contribution in [3.8, 4) is 0 Å². The molecule has 30 heavy (non-hydrogen) atoms. The van der Waals surface area contributed by atoms with Gasteiger partial charge in [0.2, 0.25) is 10.0 Å². The van der Waals surface area contributed by atoms with Crippen molar-refractivity contribution in [1.29, 1.82) is 0 Å². The second kappa shape index (κ2) is 9.01. The molecule has 1 aromatic rings. The van der Waals surface area contributed by atoms with Gasteiger partial charge in [-0.1, -0.05) is 0 Å². The molecule has 0 bridgehead atoms. The van der Waals surface area contributed by atoms with E-state index in [0.29, 0.717) is 64.7 Å². The van der Waals surface area contributed by atoms with Crippen LogP contribution >= 0.6 is 0 Å². The van der Waals surface area contributed by atoms with Gasteiger partial charge in [-0.3, -0.25) is 9.59 Å². The Balaban J connectivity index is 1.35. The Morgan fingerprint density at radius 2 is 1.50 bits per heavy atom.